The lowest BCUT2D eigenvalue weighted by Gasteiger charge is -2.17. The van der Waals surface area contributed by atoms with Gasteiger partial charge in [0.25, 0.3) is 0 Å². The Morgan fingerprint density at radius 2 is 1.85 bits per heavy atom. The van der Waals surface area contributed by atoms with Crippen LogP contribution >= 0.6 is 23.2 Å². The first-order chi connectivity index (χ1) is 12.8. The topological polar surface area (TPSA) is 46.9 Å². The molecule has 0 radical (unpaired) electrons. The molecule has 0 aliphatic heterocycles. The summed E-state index contributed by atoms with van der Waals surface area (Å²) in [5.74, 6) is 0.964. The minimum absolute atomic E-state index is 0.0367. The van der Waals surface area contributed by atoms with Gasteiger partial charge in [0, 0.05) is 24.9 Å². The van der Waals surface area contributed by atoms with E-state index in [9.17, 15) is 4.79 Å². The van der Waals surface area contributed by atoms with Gasteiger partial charge in [0.05, 0.1) is 21.1 Å². The van der Waals surface area contributed by atoms with Crippen molar-refractivity contribution in [3.05, 3.63) is 63.9 Å². The van der Waals surface area contributed by atoms with E-state index in [1.165, 1.54) is 0 Å². The molecule has 142 valence electrons. The lowest BCUT2D eigenvalue weighted by molar-refractivity contribution is -0.128. The van der Waals surface area contributed by atoms with Crippen LogP contribution in [-0.2, 0) is 17.8 Å². The minimum atomic E-state index is -0.403. The van der Waals surface area contributed by atoms with Gasteiger partial charge in [0.1, 0.15) is 5.82 Å². The number of rotatable bonds is 5. The van der Waals surface area contributed by atoms with Gasteiger partial charge in [-0.05, 0) is 29.8 Å². The van der Waals surface area contributed by atoms with Crippen molar-refractivity contribution in [2.24, 2.45) is 5.41 Å². The summed E-state index contributed by atoms with van der Waals surface area (Å²) >= 11 is 12.2. The second kappa shape index (κ2) is 7.91. The van der Waals surface area contributed by atoms with E-state index in [1.807, 2.05) is 57.2 Å². The Labute approximate surface area is 169 Å². The Kier molecular flexibility index (Phi) is 5.78. The third-order valence-corrected chi connectivity index (χ3v) is 5.11. The molecule has 1 aromatic heterocycles. The van der Waals surface area contributed by atoms with Gasteiger partial charge >= 0.3 is 0 Å². The van der Waals surface area contributed by atoms with Crippen LogP contribution in [-0.4, -0.2) is 22.0 Å². The van der Waals surface area contributed by atoms with Crippen molar-refractivity contribution >= 4 is 40.1 Å². The van der Waals surface area contributed by atoms with E-state index < -0.39 is 5.41 Å². The first kappa shape index (κ1) is 19.7. The molecule has 3 aromatic rings. The number of benzene rings is 2. The molecule has 1 heterocycles. The fourth-order valence-electron chi connectivity index (χ4n) is 2.87. The standard InChI is InChI=1S/C21H23Cl2N3O/c1-21(2,3)20(27)24-11-10-19-25-17-6-4-5-7-18(17)26(19)13-14-8-9-15(22)16(23)12-14/h4-9,12H,10-11,13H2,1-3H3,(H,24,27). The van der Waals surface area contributed by atoms with E-state index in [0.717, 1.165) is 22.4 Å². The Bertz CT molecular complexity index is 973. The predicted molar refractivity (Wildman–Crippen MR) is 111 cm³/mol. The summed E-state index contributed by atoms with van der Waals surface area (Å²) in [6, 6.07) is 13.7. The first-order valence-electron chi connectivity index (χ1n) is 8.92. The molecule has 0 bridgehead atoms. The smallest absolute Gasteiger partial charge is 0.225 e. The maximum absolute atomic E-state index is 12.1. The molecule has 6 heteroatoms. The average Bonchev–Trinajstić information content (AvgIpc) is 2.95. The molecule has 0 aliphatic rings. The highest BCUT2D eigenvalue weighted by Crippen LogP contribution is 2.25. The highest BCUT2D eigenvalue weighted by atomic mass is 35.5. The Balaban J connectivity index is 1.85. The zero-order valence-corrected chi connectivity index (χ0v) is 17.2. The molecule has 4 nitrogen and oxygen atoms in total. The molecule has 1 N–H and O–H groups in total. The van der Waals surface area contributed by atoms with E-state index in [0.29, 0.717) is 29.6 Å². The summed E-state index contributed by atoms with van der Waals surface area (Å²) in [7, 11) is 0. The lowest BCUT2D eigenvalue weighted by Crippen LogP contribution is -2.36. The van der Waals surface area contributed by atoms with Crippen molar-refractivity contribution in [1.29, 1.82) is 0 Å². The summed E-state index contributed by atoms with van der Waals surface area (Å²) in [6.07, 6.45) is 0.651. The third-order valence-electron chi connectivity index (χ3n) is 4.37. The van der Waals surface area contributed by atoms with Crippen LogP contribution in [0.1, 0.15) is 32.2 Å². The molecule has 3 rings (SSSR count). The summed E-state index contributed by atoms with van der Waals surface area (Å²) in [6.45, 7) is 6.90. The average molecular weight is 404 g/mol. The van der Waals surface area contributed by atoms with Crippen molar-refractivity contribution in [2.75, 3.05) is 6.54 Å². The second-order valence-electron chi connectivity index (χ2n) is 7.61. The quantitative estimate of drug-likeness (QED) is 0.644. The van der Waals surface area contributed by atoms with Crippen LogP contribution in [0.3, 0.4) is 0 Å². The normalized spacial score (nSPS) is 11.7. The number of nitrogens with one attached hydrogen (secondary N) is 1. The highest BCUT2D eigenvalue weighted by molar-refractivity contribution is 6.42. The van der Waals surface area contributed by atoms with Gasteiger partial charge in [-0.2, -0.15) is 0 Å². The van der Waals surface area contributed by atoms with Gasteiger partial charge in [-0.3, -0.25) is 4.79 Å². The fraction of sp³-hybridized carbons (Fsp3) is 0.333. The van der Waals surface area contributed by atoms with Crippen LogP contribution in [0.15, 0.2) is 42.5 Å². The van der Waals surface area contributed by atoms with Crippen LogP contribution in [0.4, 0.5) is 0 Å². The van der Waals surface area contributed by atoms with Crippen LogP contribution in [0.5, 0.6) is 0 Å². The number of carbonyl (C=O) groups excluding carboxylic acids is 1. The van der Waals surface area contributed by atoms with Gasteiger partial charge in [0.15, 0.2) is 0 Å². The number of para-hydroxylation sites is 2. The summed E-state index contributed by atoms with van der Waals surface area (Å²) < 4.78 is 2.16. The van der Waals surface area contributed by atoms with E-state index in [2.05, 4.69) is 16.0 Å². The number of aromatic nitrogens is 2. The number of hydrogen-bond acceptors (Lipinski definition) is 2. The van der Waals surface area contributed by atoms with Crippen LogP contribution in [0, 0.1) is 5.41 Å². The molecule has 0 atom stereocenters. The van der Waals surface area contributed by atoms with Crippen LogP contribution in [0.2, 0.25) is 10.0 Å². The van der Waals surface area contributed by atoms with Gasteiger partial charge in [-0.1, -0.05) is 62.2 Å². The van der Waals surface area contributed by atoms with Crippen molar-refractivity contribution in [2.45, 2.75) is 33.7 Å². The Morgan fingerprint density at radius 3 is 2.56 bits per heavy atom. The maximum Gasteiger partial charge on any atom is 0.225 e. The first-order valence-corrected chi connectivity index (χ1v) is 9.67. The van der Waals surface area contributed by atoms with Gasteiger partial charge in [-0.25, -0.2) is 4.98 Å². The number of nitrogens with zero attached hydrogens (tertiary/aromatic N) is 2. The number of fused-ring (bicyclic) bond motifs is 1. The maximum atomic E-state index is 12.1. The second-order valence-corrected chi connectivity index (χ2v) is 8.42. The Hall–Kier alpha value is -2.04. The molecular weight excluding hydrogens is 381 g/mol. The zero-order valence-electron chi connectivity index (χ0n) is 15.7. The third kappa shape index (κ3) is 4.63. The molecule has 2 aromatic carbocycles. The molecule has 0 saturated heterocycles. The highest BCUT2D eigenvalue weighted by Gasteiger charge is 2.20. The van der Waals surface area contributed by atoms with Gasteiger partial charge in [0.2, 0.25) is 5.91 Å². The van der Waals surface area contributed by atoms with E-state index >= 15 is 0 Å². The molecule has 0 unspecified atom stereocenters. The van der Waals surface area contributed by atoms with Crippen molar-refractivity contribution in [3.63, 3.8) is 0 Å². The number of carbonyl (C=O) groups is 1. The van der Waals surface area contributed by atoms with E-state index in [1.54, 1.807) is 0 Å². The van der Waals surface area contributed by atoms with E-state index in [-0.39, 0.29) is 5.91 Å². The molecular formula is C21H23Cl2N3O. The molecule has 0 spiro atoms. The molecule has 0 saturated carbocycles. The minimum Gasteiger partial charge on any atom is -0.355 e. The number of imidazole rings is 1. The van der Waals surface area contributed by atoms with Crippen molar-refractivity contribution in [3.8, 4) is 0 Å². The summed E-state index contributed by atoms with van der Waals surface area (Å²) in [4.78, 5) is 16.9. The monoisotopic (exact) mass is 403 g/mol. The van der Waals surface area contributed by atoms with Crippen molar-refractivity contribution < 1.29 is 4.79 Å². The SMILES string of the molecule is CC(C)(C)C(=O)NCCc1nc2ccccc2n1Cc1ccc(Cl)c(Cl)c1. The number of halogens is 2. The molecule has 0 aliphatic carbocycles. The van der Waals surface area contributed by atoms with Crippen LogP contribution in [0.25, 0.3) is 11.0 Å². The van der Waals surface area contributed by atoms with Crippen molar-refractivity contribution in [1.82, 2.24) is 14.9 Å². The number of hydrogen-bond donors (Lipinski definition) is 1. The van der Waals surface area contributed by atoms with Gasteiger partial charge < -0.3 is 9.88 Å². The largest absolute Gasteiger partial charge is 0.355 e. The Morgan fingerprint density at radius 1 is 1.11 bits per heavy atom. The fourth-order valence-corrected chi connectivity index (χ4v) is 3.19. The molecule has 27 heavy (non-hydrogen) atoms. The molecule has 1 amide bonds. The summed E-state index contributed by atoms with van der Waals surface area (Å²) in [5, 5.41) is 4.07. The lowest BCUT2D eigenvalue weighted by atomic mass is 9.96. The van der Waals surface area contributed by atoms with Crippen LogP contribution < -0.4 is 5.32 Å². The molecule has 0 fully saturated rings. The van der Waals surface area contributed by atoms with Gasteiger partial charge in [-0.15, -0.1) is 0 Å². The zero-order chi connectivity index (χ0) is 19.6. The predicted octanol–water partition coefficient (Wildman–Crippen LogP) is 5.10. The van der Waals surface area contributed by atoms with E-state index in [4.69, 9.17) is 28.2 Å². The number of amides is 1. The summed E-state index contributed by atoms with van der Waals surface area (Å²) in [5.41, 5.74) is 2.64.